The van der Waals surface area contributed by atoms with E-state index in [0.29, 0.717) is 17.4 Å². The molecule has 3 nitrogen and oxygen atoms in total. The summed E-state index contributed by atoms with van der Waals surface area (Å²) >= 11 is 0. The monoisotopic (exact) mass is 286 g/mol. The van der Waals surface area contributed by atoms with E-state index in [1.165, 1.54) is 5.56 Å². The maximum atomic E-state index is 9.59. The second-order valence-corrected chi connectivity index (χ2v) is 5.15. The van der Waals surface area contributed by atoms with E-state index >= 15 is 0 Å². The second-order valence-electron chi connectivity index (χ2n) is 5.15. The molecule has 2 aromatic carbocycles. The highest BCUT2D eigenvalue weighted by molar-refractivity contribution is 5.47. The van der Waals surface area contributed by atoms with Gasteiger partial charge in [-0.15, -0.1) is 0 Å². The van der Waals surface area contributed by atoms with Crippen molar-refractivity contribution < 1.29 is 14.6 Å². The first-order valence-electron chi connectivity index (χ1n) is 7.09. The molecule has 112 valence electrons. The van der Waals surface area contributed by atoms with Crippen LogP contribution in [0.3, 0.4) is 0 Å². The van der Waals surface area contributed by atoms with Gasteiger partial charge in [0.15, 0.2) is 11.5 Å². The SMILES string of the molecule is COc1cc(CO)c(CC(C)c2ccccc2)cc1OC. The molecule has 0 fully saturated rings. The van der Waals surface area contributed by atoms with E-state index in [1.54, 1.807) is 14.2 Å². The lowest BCUT2D eigenvalue weighted by atomic mass is 9.91. The van der Waals surface area contributed by atoms with Crippen LogP contribution in [0.15, 0.2) is 42.5 Å². The Morgan fingerprint density at radius 3 is 2.05 bits per heavy atom. The standard InChI is InChI=1S/C18H22O3/c1-13(14-7-5-4-6-8-14)9-15-10-17(20-2)18(21-3)11-16(15)12-19/h4-8,10-11,13,19H,9,12H2,1-3H3. The average molecular weight is 286 g/mol. The van der Waals surface area contributed by atoms with Crippen molar-refractivity contribution in [2.45, 2.75) is 25.9 Å². The molecular formula is C18H22O3. The zero-order chi connectivity index (χ0) is 15.2. The van der Waals surface area contributed by atoms with Gasteiger partial charge >= 0.3 is 0 Å². The van der Waals surface area contributed by atoms with Gasteiger partial charge in [-0.2, -0.15) is 0 Å². The summed E-state index contributed by atoms with van der Waals surface area (Å²) in [5, 5.41) is 9.59. The first-order chi connectivity index (χ1) is 10.2. The molecule has 3 heteroatoms. The Balaban J connectivity index is 2.30. The molecule has 0 saturated heterocycles. The van der Waals surface area contributed by atoms with Gasteiger partial charge in [-0.1, -0.05) is 37.3 Å². The Labute approximate surface area is 126 Å². The summed E-state index contributed by atoms with van der Waals surface area (Å²) < 4.78 is 10.6. The third-order valence-electron chi connectivity index (χ3n) is 3.77. The molecule has 1 N–H and O–H groups in total. The van der Waals surface area contributed by atoms with Crippen LogP contribution in [0, 0.1) is 0 Å². The van der Waals surface area contributed by atoms with Gasteiger partial charge in [0, 0.05) is 0 Å². The molecular weight excluding hydrogens is 264 g/mol. The molecule has 0 aliphatic rings. The van der Waals surface area contributed by atoms with Gasteiger partial charge in [-0.05, 0) is 41.2 Å². The van der Waals surface area contributed by atoms with Crippen molar-refractivity contribution in [3.63, 3.8) is 0 Å². The van der Waals surface area contributed by atoms with E-state index in [1.807, 2.05) is 30.3 Å². The van der Waals surface area contributed by atoms with Crippen LogP contribution in [0.25, 0.3) is 0 Å². The summed E-state index contributed by atoms with van der Waals surface area (Å²) in [5.74, 6) is 1.72. The Hall–Kier alpha value is -2.00. The van der Waals surface area contributed by atoms with Crippen LogP contribution in [0.5, 0.6) is 11.5 Å². The lowest BCUT2D eigenvalue weighted by molar-refractivity contribution is 0.278. The molecule has 0 aliphatic heterocycles. The fourth-order valence-corrected chi connectivity index (χ4v) is 2.53. The molecule has 0 aromatic heterocycles. The Morgan fingerprint density at radius 2 is 1.52 bits per heavy atom. The number of ether oxygens (including phenoxy) is 2. The van der Waals surface area contributed by atoms with E-state index in [4.69, 9.17) is 9.47 Å². The Morgan fingerprint density at radius 1 is 0.952 bits per heavy atom. The molecule has 0 spiro atoms. The van der Waals surface area contributed by atoms with Crippen molar-refractivity contribution in [1.29, 1.82) is 0 Å². The molecule has 0 radical (unpaired) electrons. The lowest BCUT2D eigenvalue weighted by Gasteiger charge is -2.17. The maximum Gasteiger partial charge on any atom is 0.161 e. The van der Waals surface area contributed by atoms with Crippen LogP contribution in [0.2, 0.25) is 0 Å². The summed E-state index contributed by atoms with van der Waals surface area (Å²) in [6, 6.07) is 14.2. The fourth-order valence-electron chi connectivity index (χ4n) is 2.53. The number of rotatable bonds is 6. The highest BCUT2D eigenvalue weighted by atomic mass is 16.5. The van der Waals surface area contributed by atoms with Crippen LogP contribution < -0.4 is 9.47 Å². The molecule has 0 amide bonds. The minimum Gasteiger partial charge on any atom is -0.493 e. The quantitative estimate of drug-likeness (QED) is 0.882. The third-order valence-corrected chi connectivity index (χ3v) is 3.77. The van der Waals surface area contributed by atoms with Crippen molar-refractivity contribution in [2.75, 3.05) is 14.2 Å². The molecule has 0 bridgehead atoms. The van der Waals surface area contributed by atoms with Gasteiger partial charge in [0.25, 0.3) is 0 Å². The molecule has 0 aliphatic carbocycles. The number of aliphatic hydroxyl groups is 1. The van der Waals surface area contributed by atoms with Crippen LogP contribution in [0.4, 0.5) is 0 Å². The van der Waals surface area contributed by atoms with Gasteiger partial charge < -0.3 is 14.6 Å². The largest absolute Gasteiger partial charge is 0.493 e. The first kappa shape index (κ1) is 15.4. The summed E-state index contributed by atoms with van der Waals surface area (Å²) in [4.78, 5) is 0. The Bertz CT molecular complexity index is 579. The maximum absolute atomic E-state index is 9.59. The van der Waals surface area contributed by atoms with Crippen molar-refractivity contribution in [1.82, 2.24) is 0 Å². The van der Waals surface area contributed by atoms with Crippen molar-refractivity contribution in [3.8, 4) is 11.5 Å². The number of hydrogen-bond donors (Lipinski definition) is 1. The molecule has 0 heterocycles. The normalized spacial score (nSPS) is 12.0. The number of hydrogen-bond acceptors (Lipinski definition) is 3. The summed E-state index contributed by atoms with van der Waals surface area (Å²) in [6.07, 6.45) is 0.847. The molecule has 1 unspecified atom stereocenters. The molecule has 1 atom stereocenters. The van der Waals surface area contributed by atoms with Crippen LogP contribution in [0.1, 0.15) is 29.5 Å². The van der Waals surface area contributed by atoms with E-state index in [9.17, 15) is 5.11 Å². The minimum absolute atomic E-state index is 0.00278. The summed E-state index contributed by atoms with van der Waals surface area (Å²) in [6.45, 7) is 2.18. The Kier molecular flexibility index (Phi) is 5.23. The van der Waals surface area contributed by atoms with Gasteiger partial charge in [0.1, 0.15) is 0 Å². The number of methoxy groups -OCH3 is 2. The van der Waals surface area contributed by atoms with E-state index in [-0.39, 0.29) is 6.61 Å². The molecule has 0 saturated carbocycles. The third kappa shape index (κ3) is 3.56. The zero-order valence-electron chi connectivity index (χ0n) is 12.8. The predicted octanol–water partition coefficient (Wildman–Crippen LogP) is 3.54. The topological polar surface area (TPSA) is 38.7 Å². The molecule has 2 aromatic rings. The molecule has 2 rings (SSSR count). The van der Waals surface area contributed by atoms with E-state index < -0.39 is 0 Å². The van der Waals surface area contributed by atoms with Crippen LogP contribution in [-0.2, 0) is 13.0 Å². The zero-order valence-corrected chi connectivity index (χ0v) is 12.8. The van der Waals surface area contributed by atoms with Gasteiger partial charge in [-0.3, -0.25) is 0 Å². The highest BCUT2D eigenvalue weighted by Crippen LogP contribution is 2.33. The van der Waals surface area contributed by atoms with Gasteiger partial charge in [-0.25, -0.2) is 0 Å². The van der Waals surface area contributed by atoms with Crippen molar-refractivity contribution >= 4 is 0 Å². The fraction of sp³-hybridized carbons (Fsp3) is 0.333. The van der Waals surface area contributed by atoms with Crippen LogP contribution in [-0.4, -0.2) is 19.3 Å². The smallest absolute Gasteiger partial charge is 0.161 e. The first-order valence-corrected chi connectivity index (χ1v) is 7.09. The van der Waals surface area contributed by atoms with Gasteiger partial charge in [0.05, 0.1) is 20.8 Å². The minimum atomic E-state index is -0.00278. The number of aliphatic hydroxyl groups excluding tert-OH is 1. The van der Waals surface area contributed by atoms with Crippen LogP contribution >= 0.6 is 0 Å². The summed E-state index contributed by atoms with van der Waals surface area (Å²) in [5.41, 5.74) is 3.26. The van der Waals surface area contributed by atoms with E-state index in [2.05, 4.69) is 19.1 Å². The second kappa shape index (κ2) is 7.14. The summed E-state index contributed by atoms with van der Waals surface area (Å²) in [7, 11) is 3.23. The number of benzene rings is 2. The highest BCUT2D eigenvalue weighted by Gasteiger charge is 2.14. The lowest BCUT2D eigenvalue weighted by Crippen LogP contribution is -2.04. The molecule has 21 heavy (non-hydrogen) atoms. The van der Waals surface area contributed by atoms with Crippen molar-refractivity contribution in [3.05, 3.63) is 59.2 Å². The average Bonchev–Trinajstić information content (AvgIpc) is 2.55. The van der Waals surface area contributed by atoms with Gasteiger partial charge in [0.2, 0.25) is 0 Å². The van der Waals surface area contributed by atoms with Crippen molar-refractivity contribution in [2.24, 2.45) is 0 Å². The predicted molar refractivity (Wildman–Crippen MR) is 84.0 cm³/mol. The van der Waals surface area contributed by atoms with E-state index in [0.717, 1.165) is 17.5 Å².